The fourth-order valence-electron chi connectivity index (χ4n) is 4.30. The van der Waals surface area contributed by atoms with Crippen LogP contribution in [-0.4, -0.2) is 35.2 Å². The quantitative estimate of drug-likeness (QED) is 0.805. The van der Waals surface area contributed by atoms with Gasteiger partial charge in [-0.2, -0.15) is 0 Å². The molecular weight excluding hydrogens is 318 g/mol. The molecule has 0 radical (unpaired) electrons. The predicted molar refractivity (Wildman–Crippen MR) is 91.8 cm³/mol. The molecule has 4 rings (SSSR count). The highest BCUT2D eigenvalue weighted by Crippen LogP contribution is 2.38. The zero-order valence-electron chi connectivity index (χ0n) is 14.4. The standard InChI is InChI=1S/C19H23N3O3/c1-11-14-10-12(15-4-2-3-9-20-15)5-6-13(14)19(25)22(11)16-7-8-17(23)21-18(16)24/h5-6,10-11,15-16,20H,2-4,7-9H2,1H3,(H,21,23,24). The molecule has 1 aromatic rings. The number of carbonyl (C=O) groups is 3. The van der Waals surface area contributed by atoms with E-state index in [9.17, 15) is 14.4 Å². The highest BCUT2D eigenvalue weighted by atomic mass is 16.2. The van der Waals surface area contributed by atoms with E-state index in [1.54, 1.807) is 4.90 Å². The minimum absolute atomic E-state index is 0.111. The molecule has 2 saturated heterocycles. The topological polar surface area (TPSA) is 78.5 Å². The van der Waals surface area contributed by atoms with Crippen LogP contribution in [0.5, 0.6) is 0 Å². The molecule has 3 atom stereocenters. The third-order valence-corrected chi connectivity index (χ3v) is 5.67. The second-order valence-electron chi connectivity index (χ2n) is 7.20. The number of nitrogens with zero attached hydrogens (tertiary/aromatic N) is 1. The number of piperidine rings is 2. The van der Waals surface area contributed by atoms with Crippen molar-refractivity contribution >= 4 is 17.7 Å². The van der Waals surface area contributed by atoms with Gasteiger partial charge in [-0.25, -0.2) is 0 Å². The number of fused-ring (bicyclic) bond motifs is 1. The minimum Gasteiger partial charge on any atom is -0.320 e. The Hall–Kier alpha value is -2.21. The Kier molecular flexibility index (Phi) is 4.07. The summed E-state index contributed by atoms with van der Waals surface area (Å²) in [4.78, 5) is 38.1. The van der Waals surface area contributed by atoms with Crippen LogP contribution in [0.2, 0.25) is 0 Å². The molecule has 6 heteroatoms. The van der Waals surface area contributed by atoms with Gasteiger partial charge >= 0.3 is 0 Å². The van der Waals surface area contributed by atoms with Crippen molar-refractivity contribution in [3.05, 3.63) is 34.9 Å². The zero-order valence-corrected chi connectivity index (χ0v) is 14.4. The van der Waals surface area contributed by atoms with Gasteiger partial charge in [0.15, 0.2) is 0 Å². The Balaban J connectivity index is 1.62. The van der Waals surface area contributed by atoms with Gasteiger partial charge < -0.3 is 10.2 Å². The summed E-state index contributed by atoms with van der Waals surface area (Å²) in [5, 5.41) is 5.89. The van der Waals surface area contributed by atoms with Gasteiger partial charge in [0.2, 0.25) is 11.8 Å². The second-order valence-corrected chi connectivity index (χ2v) is 7.20. The van der Waals surface area contributed by atoms with Crippen molar-refractivity contribution in [1.29, 1.82) is 0 Å². The maximum atomic E-state index is 12.9. The molecule has 0 aromatic heterocycles. The SMILES string of the molecule is CC1c2cc(C3CCCCN3)ccc2C(=O)N1C1CCC(=O)NC1=O. The number of benzene rings is 1. The third kappa shape index (κ3) is 2.74. The number of carbonyl (C=O) groups excluding carboxylic acids is 3. The lowest BCUT2D eigenvalue weighted by Gasteiger charge is -2.33. The van der Waals surface area contributed by atoms with E-state index < -0.39 is 6.04 Å². The van der Waals surface area contributed by atoms with E-state index in [0.29, 0.717) is 18.0 Å². The summed E-state index contributed by atoms with van der Waals surface area (Å²) in [7, 11) is 0. The van der Waals surface area contributed by atoms with Crippen molar-refractivity contribution in [2.45, 2.75) is 57.2 Å². The Labute approximate surface area is 147 Å². The van der Waals surface area contributed by atoms with Crippen molar-refractivity contribution in [1.82, 2.24) is 15.5 Å². The molecule has 0 aliphatic carbocycles. The summed E-state index contributed by atoms with van der Waals surface area (Å²) >= 11 is 0. The van der Waals surface area contributed by atoms with Gasteiger partial charge in [-0.3, -0.25) is 19.7 Å². The lowest BCUT2D eigenvalue weighted by atomic mass is 9.93. The van der Waals surface area contributed by atoms with Crippen LogP contribution in [0.4, 0.5) is 0 Å². The highest BCUT2D eigenvalue weighted by molar-refractivity contribution is 6.05. The smallest absolute Gasteiger partial charge is 0.255 e. The van der Waals surface area contributed by atoms with Crippen LogP contribution >= 0.6 is 0 Å². The number of nitrogens with one attached hydrogen (secondary N) is 2. The Morgan fingerprint density at radius 1 is 1.12 bits per heavy atom. The van der Waals surface area contributed by atoms with Crippen LogP contribution < -0.4 is 10.6 Å². The maximum Gasteiger partial charge on any atom is 0.255 e. The van der Waals surface area contributed by atoms with Crippen LogP contribution in [-0.2, 0) is 9.59 Å². The van der Waals surface area contributed by atoms with Crippen molar-refractivity contribution in [3.8, 4) is 0 Å². The van der Waals surface area contributed by atoms with Gasteiger partial charge in [0.25, 0.3) is 5.91 Å². The van der Waals surface area contributed by atoms with Crippen molar-refractivity contribution < 1.29 is 14.4 Å². The fraction of sp³-hybridized carbons (Fsp3) is 0.526. The van der Waals surface area contributed by atoms with E-state index in [2.05, 4.69) is 16.7 Å². The maximum absolute atomic E-state index is 12.9. The average Bonchev–Trinajstić information content (AvgIpc) is 2.87. The predicted octanol–water partition coefficient (Wildman–Crippen LogP) is 1.82. The number of rotatable bonds is 2. The summed E-state index contributed by atoms with van der Waals surface area (Å²) in [5.41, 5.74) is 2.87. The Bertz CT molecular complexity index is 739. The summed E-state index contributed by atoms with van der Waals surface area (Å²) < 4.78 is 0. The first-order valence-corrected chi connectivity index (χ1v) is 9.10. The van der Waals surface area contributed by atoms with Crippen molar-refractivity contribution in [3.63, 3.8) is 0 Å². The lowest BCUT2D eigenvalue weighted by Crippen LogP contribution is -2.53. The molecule has 0 spiro atoms. The average molecular weight is 341 g/mol. The number of amides is 3. The van der Waals surface area contributed by atoms with Crippen LogP contribution in [0.3, 0.4) is 0 Å². The van der Waals surface area contributed by atoms with Crippen LogP contribution in [0.25, 0.3) is 0 Å². The van der Waals surface area contributed by atoms with Crippen LogP contribution in [0.1, 0.15) is 72.6 Å². The molecule has 3 aliphatic heterocycles. The van der Waals surface area contributed by atoms with Gasteiger partial charge in [-0.1, -0.05) is 18.6 Å². The van der Waals surface area contributed by atoms with Gasteiger partial charge in [0.1, 0.15) is 6.04 Å². The molecule has 6 nitrogen and oxygen atoms in total. The van der Waals surface area contributed by atoms with Crippen LogP contribution in [0.15, 0.2) is 18.2 Å². The number of hydrogen-bond donors (Lipinski definition) is 2. The first-order chi connectivity index (χ1) is 12.1. The monoisotopic (exact) mass is 341 g/mol. The molecule has 3 aliphatic rings. The molecule has 3 heterocycles. The van der Waals surface area contributed by atoms with Crippen molar-refractivity contribution in [2.24, 2.45) is 0 Å². The molecule has 1 aromatic carbocycles. The van der Waals surface area contributed by atoms with E-state index in [1.165, 1.54) is 18.4 Å². The third-order valence-electron chi connectivity index (χ3n) is 5.67. The second kappa shape index (κ2) is 6.26. The lowest BCUT2D eigenvalue weighted by molar-refractivity contribution is -0.137. The first-order valence-electron chi connectivity index (χ1n) is 9.10. The molecular formula is C19H23N3O3. The largest absolute Gasteiger partial charge is 0.320 e. The van der Waals surface area contributed by atoms with E-state index in [0.717, 1.165) is 18.5 Å². The molecule has 2 N–H and O–H groups in total. The van der Waals surface area contributed by atoms with Gasteiger partial charge in [0.05, 0.1) is 6.04 Å². The summed E-state index contributed by atoms with van der Waals surface area (Å²) in [6.07, 6.45) is 4.20. The highest BCUT2D eigenvalue weighted by Gasteiger charge is 2.43. The fourth-order valence-corrected chi connectivity index (χ4v) is 4.30. The molecule has 25 heavy (non-hydrogen) atoms. The van der Waals surface area contributed by atoms with E-state index in [-0.39, 0.29) is 30.2 Å². The summed E-state index contributed by atoms with van der Waals surface area (Å²) in [6.45, 7) is 2.99. The van der Waals surface area contributed by atoms with Crippen molar-refractivity contribution in [2.75, 3.05) is 6.54 Å². The van der Waals surface area contributed by atoms with Gasteiger partial charge in [0, 0.05) is 18.0 Å². The van der Waals surface area contributed by atoms with Gasteiger partial charge in [-0.05, 0) is 49.9 Å². The van der Waals surface area contributed by atoms with Crippen LogP contribution in [0, 0.1) is 0 Å². The molecule has 0 bridgehead atoms. The molecule has 3 unspecified atom stereocenters. The number of hydrogen-bond acceptors (Lipinski definition) is 4. The van der Waals surface area contributed by atoms with Gasteiger partial charge in [-0.15, -0.1) is 0 Å². The summed E-state index contributed by atoms with van der Waals surface area (Å²) in [6, 6.07) is 5.66. The minimum atomic E-state index is -0.566. The van der Waals surface area contributed by atoms with E-state index >= 15 is 0 Å². The van der Waals surface area contributed by atoms with E-state index in [1.807, 2.05) is 19.1 Å². The molecule has 2 fully saturated rings. The Morgan fingerprint density at radius 3 is 2.68 bits per heavy atom. The molecule has 0 saturated carbocycles. The first kappa shape index (κ1) is 16.3. The normalized spacial score (nSPS) is 29.6. The molecule has 132 valence electrons. The number of imide groups is 1. The Morgan fingerprint density at radius 2 is 1.96 bits per heavy atom. The molecule has 3 amide bonds. The van der Waals surface area contributed by atoms with E-state index in [4.69, 9.17) is 0 Å². The zero-order chi connectivity index (χ0) is 17.6. The summed E-state index contributed by atoms with van der Waals surface area (Å²) in [5.74, 6) is -0.734.